The number of aromatic nitrogens is 2. The zero-order valence-electron chi connectivity index (χ0n) is 12.4. The van der Waals surface area contributed by atoms with Gasteiger partial charge in [-0.1, -0.05) is 12.1 Å². The van der Waals surface area contributed by atoms with Crippen LogP contribution in [-0.2, 0) is 20.7 Å². The molecule has 1 amide bonds. The number of carbonyl (C=O) groups excluding carboxylic acids is 1. The highest BCUT2D eigenvalue weighted by Gasteiger charge is 2.28. The summed E-state index contributed by atoms with van der Waals surface area (Å²) in [7, 11) is 0. The molecule has 0 radical (unpaired) electrons. The molecule has 0 unspecified atom stereocenters. The van der Waals surface area contributed by atoms with Gasteiger partial charge in [0, 0.05) is 19.2 Å². The summed E-state index contributed by atoms with van der Waals surface area (Å²) < 4.78 is 5.27. The lowest BCUT2D eigenvalue weighted by molar-refractivity contribution is -0.143. The van der Waals surface area contributed by atoms with Crippen LogP contribution in [0.1, 0.15) is 18.5 Å². The lowest BCUT2D eigenvalue weighted by Gasteiger charge is -2.17. The maximum atomic E-state index is 12.0. The van der Waals surface area contributed by atoms with Crippen molar-refractivity contribution >= 4 is 22.9 Å². The number of fused-ring (bicyclic) bond motifs is 1. The molecule has 1 aliphatic heterocycles. The number of para-hydroxylation sites is 2. The number of hydrogen-bond donors (Lipinski definition) is 2. The van der Waals surface area contributed by atoms with E-state index in [4.69, 9.17) is 4.74 Å². The van der Waals surface area contributed by atoms with Crippen LogP contribution in [0.25, 0.3) is 11.0 Å². The minimum Gasteiger partial charge on any atom is -0.480 e. The SMILES string of the molecule is O=C(O)[C@@H](Cc1cnc2ccccc2n1)NC(=O)[C@H]1CCCO1. The van der Waals surface area contributed by atoms with Crippen LogP contribution >= 0.6 is 0 Å². The summed E-state index contributed by atoms with van der Waals surface area (Å²) in [4.78, 5) is 32.1. The summed E-state index contributed by atoms with van der Waals surface area (Å²) in [6.07, 6.45) is 2.49. The summed E-state index contributed by atoms with van der Waals surface area (Å²) in [5.74, 6) is -1.49. The molecule has 7 heteroatoms. The van der Waals surface area contributed by atoms with E-state index in [9.17, 15) is 14.7 Å². The first-order valence-electron chi connectivity index (χ1n) is 7.49. The Bertz CT molecular complexity index is 728. The van der Waals surface area contributed by atoms with Crippen molar-refractivity contribution in [2.75, 3.05) is 6.61 Å². The van der Waals surface area contributed by atoms with Gasteiger partial charge >= 0.3 is 5.97 Å². The molecule has 1 fully saturated rings. The van der Waals surface area contributed by atoms with Gasteiger partial charge in [0.15, 0.2) is 0 Å². The Kier molecular flexibility index (Phi) is 4.47. The minimum atomic E-state index is -1.11. The predicted octanol–water partition coefficient (Wildman–Crippen LogP) is 0.921. The average molecular weight is 315 g/mol. The largest absolute Gasteiger partial charge is 0.480 e. The molecular weight excluding hydrogens is 298 g/mol. The maximum Gasteiger partial charge on any atom is 0.326 e. The molecule has 23 heavy (non-hydrogen) atoms. The van der Waals surface area contributed by atoms with Crippen molar-refractivity contribution in [1.82, 2.24) is 15.3 Å². The van der Waals surface area contributed by atoms with Gasteiger partial charge in [0.1, 0.15) is 12.1 Å². The zero-order chi connectivity index (χ0) is 16.2. The Balaban J connectivity index is 1.72. The molecular formula is C16H17N3O4. The summed E-state index contributed by atoms with van der Waals surface area (Å²) in [6, 6.07) is 6.29. The first-order valence-corrected chi connectivity index (χ1v) is 7.49. The Morgan fingerprint density at radius 2 is 2.13 bits per heavy atom. The quantitative estimate of drug-likeness (QED) is 0.851. The van der Waals surface area contributed by atoms with Crippen LogP contribution in [0.3, 0.4) is 0 Å². The number of ether oxygens (including phenoxy) is 1. The molecule has 0 bridgehead atoms. The van der Waals surface area contributed by atoms with Gasteiger partial charge in [-0.25, -0.2) is 9.78 Å². The molecule has 7 nitrogen and oxygen atoms in total. The van der Waals surface area contributed by atoms with E-state index in [1.165, 1.54) is 6.20 Å². The second-order valence-electron chi connectivity index (χ2n) is 5.46. The molecule has 0 aliphatic carbocycles. The Labute approximate surface area is 132 Å². The van der Waals surface area contributed by atoms with Crippen LogP contribution in [0, 0.1) is 0 Å². The lowest BCUT2D eigenvalue weighted by Crippen LogP contribution is -2.46. The number of amides is 1. The molecule has 1 aromatic carbocycles. The van der Waals surface area contributed by atoms with E-state index in [1.54, 1.807) is 0 Å². The fourth-order valence-electron chi connectivity index (χ4n) is 2.55. The number of hydrogen-bond acceptors (Lipinski definition) is 5. The topological polar surface area (TPSA) is 101 Å². The highest BCUT2D eigenvalue weighted by molar-refractivity contribution is 5.86. The number of nitrogens with zero attached hydrogens (tertiary/aromatic N) is 2. The molecule has 3 rings (SSSR count). The fourth-order valence-corrected chi connectivity index (χ4v) is 2.55. The number of carboxylic acid groups (broad SMARTS) is 1. The van der Waals surface area contributed by atoms with Crippen molar-refractivity contribution in [1.29, 1.82) is 0 Å². The minimum absolute atomic E-state index is 0.0750. The third kappa shape index (κ3) is 3.62. The van der Waals surface area contributed by atoms with E-state index in [0.29, 0.717) is 24.2 Å². The maximum absolute atomic E-state index is 12.0. The number of carbonyl (C=O) groups is 2. The molecule has 0 saturated carbocycles. The van der Waals surface area contributed by atoms with Crippen molar-refractivity contribution in [3.63, 3.8) is 0 Å². The van der Waals surface area contributed by atoms with Gasteiger partial charge < -0.3 is 15.2 Å². The summed E-state index contributed by atoms with van der Waals surface area (Å²) >= 11 is 0. The number of aliphatic carboxylic acids is 1. The molecule has 120 valence electrons. The summed E-state index contributed by atoms with van der Waals surface area (Å²) in [5.41, 5.74) is 1.95. The van der Waals surface area contributed by atoms with E-state index in [1.807, 2.05) is 24.3 Å². The van der Waals surface area contributed by atoms with Crippen molar-refractivity contribution in [2.24, 2.45) is 0 Å². The number of rotatable bonds is 5. The van der Waals surface area contributed by atoms with Gasteiger partial charge in [0.05, 0.1) is 16.7 Å². The Morgan fingerprint density at radius 3 is 2.83 bits per heavy atom. The Hall–Kier alpha value is -2.54. The van der Waals surface area contributed by atoms with Crippen molar-refractivity contribution < 1.29 is 19.4 Å². The molecule has 2 aromatic rings. The van der Waals surface area contributed by atoms with Crippen LogP contribution in [0.2, 0.25) is 0 Å². The van der Waals surface area contributed by atoms with Gasteiger partial charge in [-0.2, -0.15) is 0 Å². The molecule has 2 atom stereocenters. The van der Waals surface area contributed by atoms with Crippen LogP contribution in [-0.4, -0.2) is 45.7 Å². The van der Waals surface area contributed by atoms with Gasteiger partial charge in [-0.15, -0.1) is 0 Å². The van der Waals surface area contributed by atoms with Crippen LogP contribution < -0.4 is 5.32 Å². The number of carboxylic acids is 1. The standard InChI is InChI=1S/C16H17N3O4/c20-15(14-6-3-7-23-14)19-13(16(21)22)8-10-9-17-11-4-1-2-5-12(11)18-10/h1-2,4-5,9,13-14H,3,6-8H2,(H,19,20)(H,21,22)/t13-,14-/m1/s1. The van der Waals surface area contributed by atoms with Gasteiger partial charge in [-0.05, 0) is 25.0 Å². The number of benzene rings is 1. The van der Waals surface area contributed by atoms with E-state index in [-0.39, 0.29) is 12.3 Å². The zero-order valence-corrected chi connectivity index (χ0v) is 12.4. The monoisotopic (exact) mass is 315 g/mol. The fraction of sp³-hybridized carbons (Fsp3) is 0.375. The Morgan fingerprint density at radius 1 is 1.35 bits per heavy atom. The van der Waals surface area contributed by atoms with E-state index in [0.717, 1.165) is 11.9 Å². The molecule has 1 saturated heterocycles. The molecule has 2 N–H and O–H groups in total. The van der Waals surface area contributed by atoms with Crippen molar-refractivity contribution in [3.8, 4) is 0 Å². The highest BCUT2D eigenvalue weighted by Crippen LogP contribution is 2.13. The summed E-state index contributed by atoms with van der Waals surface area (Å²) in [5, 5.41) is 11.9. The third-order valence-corrected chi connectivity index (χ3v) is 3.75. The second-order valence-corrected chi connectivity index (χ2v) is 5.46. The van der Waals surface area contributed by atoms with E-state index >= 15 is 0 Å². The molecule has 1 aromatic heterocycles. The first-order chi connectivity index (χ1) is 11.1. The van der Waals surface area contributed by atoms with Gasteiger partial charge in [-0.3, -0.25) is 9.78 Å². The third-order valence-electron chi connectivity index (χ3n) is 3.75. The average Bonchev–Trinajstić information content (AvgIpc) is 3.08. The van der Waals surface area contributed by atoms with Crippen LogP contribution in [0.5, 0.6) is 0 Å². The second kappa shape index (κ2) is 6.70. The van der Waals surface area contributed by atoms with Crippen LogP contribution in [0.4, 0.5) is 0 Å². The van der Waals surface area contributed by atoms with Gasteiger partial charge in [0.2, 0.25) is 5.91 Å². The smallest absolute Gasteiger partial charge is 0.326 e. The molecule has 2 heterocycles. The highest BCUT2D eigenvalue weighted by atomic mass is 16.5. The van der Waals surface area contributed by atoms with E-state index in [2.05, 4.69) is 15.3 Å². The molecule has 1 aliphatic rings. The first kappa shape index (κ1) is 15.4. The predicted molar refractivity (Wildman–Crippen MR) is 81.8 cm³/mol. The van der Waals surface area contributed by atoms with Gasteiger partial charge in [0.25, 0.3) is 0 Å². The normalized spacial score (nSPS) is 18.7. The lowest BCUT2D eigenvalue weighted by atomic mass is 10.1. The summed E-state index contributed by atoms with van der Waals surface area (Å²) in [6.45, 7) is 0.534. The van der Waals surface area contributed by atoms with Crippen LogP contribution in [0.15, 0.2) is 30.5 Å². The van der Waals surface area contributed by atoms with E-state index < -0.39 is 18.1 Å². The van der Waals surface area contributed by atoms with Crippen molar-refractivity contribution in [3.05, 3.63) is 36.2 Å². The molecule has 0 spiro atoms. The van der Waals surface area contributed by atoms with Crippen molar-refractivity contribution in [2.45, 2.75) is 31.4 Å². The number of nitrogens with one attached hydrogen (secondary N) is 1.